The van der Waals surface area contributed by atoms with Crippen LogP contribution in [0.5, 0.6) is 5.75 Å². The first kappa shape index (κ1) is 27.6. The van der Waals surface area contributed by atoms with Gasteiger partial charge in [0.15, 0.2) is 0 Å². The summed E-state index contributed by atoms with van der Waals surface area (Å²) in [5, 5.41) is 3.13. The van der Waals surface area contributed by atoms with Gasteiger partial charge in [-0.3, -0.25) is 14.4 Å². The van der Waals surface area contributed by atoms with E-state index in [1.807, 2.05) is 19.1 Å². The zero-order valence-corrected chi connectivity index (χ0v) is 22.7. The first-order valence-electron chi connectivity index (χ1n) is 13.1. The van der Waals surface area contributed by atoms with E-state index in [4.69, 9.17) is 4.74 Å². The van der Waals surface area contributed by atoms with Crippen molar-refractivity contribution in [2.45, 2.75) is 75.4 Å². The molecular weight excluding hydrogens is 506 g/mol. The van der Waals surface area contributed by atoms with Crippen molar-refractivity contribution in [1.82, 2.24) is 14.5 Å². The van der Waals surface area contributed by atoms with Gasteiger partial charge in [-0.1, -0.05) is 50.5 Å². The highest BCUT2D eigenvalue weighted by molar-refractivity contribution is 7.90. The van der Waals surface area contributed by atoms with Crippen LogP contribution in [-0.4, -0.2) is 61.1 Å². The first-order valence-corrected chi connectivity index (χ1v) is 14.6. The van der Waals surface area contributed by atoms with E-state index in [0.717, 1.165) is 42.0 Å². The summed E-state index contributed by atoms with van der Waals surface area (Å²) in [4.78, 5) is 41.2. The Hall–Kier alpha value is -3.40. The first-order chi connectivity index (χ1) is 18.3. The third kappa shape index (κ3) is 5.85. The molecule has 38 heavy (non-hydrogen) atoms. The van der Waals surface area contributed by atoms with Crippen LogP contribution in [0.4, 0.5) is 0 Å². The van der Waals surface area contributed by atoms with Gasteiger partial charge in [0.2, 0.25) is 11.8 Å². The van der Waals surface area contributed by atoms with E-state index in [9.17, 15) is 22.8 Å². The lowest BCUT2D eigenvalue weighted by Crippen LogP contribution is -2.52. The molecule has 0 bridgehead atoms. The number of rotatable bonds is 10. The number of sulfonamides is 1. The van der Waals surface area contributed by atoms with Gasteiger partial charge in [0.25, 0.3) is 15.9 Å². The summed E-state index contributed by atoms with van der Waals surface area (Å²) in [7, 11) is -2.46. The SMILES string of the molecule is CC[C@H](C(=O)NC1CCCCC1)N(Cc1ccc(OC)cc1)C(=O)CCN1C(=O)c2ccccc2S1(=O)=O. The highest BCUT2D eigenvalue weighted by Crippen LogP contribution is 2.30. The molecule has 4 rings (SSSR count). The van der Waals surface area contributed by atoms with Crippen LogP contribution >= 0.6 is 0 Å². The third-order valence-electron chi connectivity index (χ3n) is 7.29. The fourth-order valence-electron chi connectivity index (χ4n) is 5.18. The van der Waals surface area contributed by atoms with Gasteiger partial charge < -0.3 is 15.0 Å². The Labute approximate surface area is 224 Å². The van der Waals surface area contributed by atoms with Crippen molar-refractivity contribution in [3.63, 3.8) is 0 Å². The number of methoxy groups -OCH3 is 1. The van der Waals surface area contributed by atoms with Crippen molar-refractivity contribution in [1.29, 1.82) is 0 Å². The number of benzene rings is 2. The third-order valence-corrected chi connectivity index (χ3v) is 9.13. The summed E-state index contributed by atoms with van der Waals surface area (Å²) < 4.78 is 31.9. The second-order valence-corrected chi connectivity index (χ2v) is 11.6. The van der Waals surface area contributed by atoms with E-state index in [2.05, 4.69) is 5.32 Å². The summed E-state index contributed by atoms with van der Waals surface area (Å²) in [6, 6.07) is 12.6. The molecule has 0 spiro atoms. The Morgan fingerprint density at radius 2 is 1.76 bits per heavy atom. The molecule has 1 aliphatic carbocycles. The number of fused-ring (bicyclic) bond motifs is 1. The Morgan fingerprint density at radius 1 is 1.08 bits per heavy atom. The molecule has 10 heteroatoms. The average Bonchev–Trinajstić information content (AvgIpc) is 3.12. The van der Waals surface area contributed by atoms with Gasteiger partial charge in [0.1, 0.15) is 16.7 Å². The summed E-state index contributed by atoms with van der Waals surface area (Å²) in [6.07, 6.45) is 5.30. The molecule has 1 fully saturated rings. The smallest absolute Gasteiger partial charge is 0.269 e. The van der Waals surface area contributed by atoms with Gasteiger partial charge in [-0.15, -0.1) is 0 Å². The molecule has 0 aromatic heterocycles. The fourth-order valence-corrected chi connectivity index (χ4v) is 6.75. The molecule has 2 aromatic carbocycles. The lowest BCUT2D eigenvalue weighted by molar-refractivity contribution is -0.141. The van der Waals surface area contributed by atoms with E-state index < -0.39 is 27.9 Å². The van der Waals surface area contributed by atoms with Crippen molar-refractivity contribution in [3.8, 4) is 5.75 Å². The minimum Gasteiger partial charge on any atom is -0.497 e. The summed E-state index contributed by atoms with van der Waals surface area (Å²) in [5.74, 6) is -0.577. The molecule has 1 aliphatic heterocycles. The number of hydrogen-bond donors (Lipinski definition) is 1. The average molecular weight is 542 g/mol. The Kier molecular flexibility index (Phi) is 8.71. The van der Waals surface area contributed by atoms with E-state index in [1.54, 1.807) is 31.4 Å². The van der Waals surface area contributed by atoms with Crippen molar-refractivity contribution in [2.75, 3.05) is 13.7 Å². The maximum absolute atomic E-state index is 13.6. The zero-order chi connectivity index (χ0) is 27.3. The highest BCUT2D eigenvalue weighted by Gasteiger charge is 2.41. The lowest BCUT2D eigenvalue weighted by atomic mass is 9.95. The van der Waals surface area contributed by atoms with Gasteiger partial charge in [0.05, 0.1) is 12.7 Å². The quantitative estimate of drug-likeness (QED) is 0.493. The summed E-state index contributed by atoms with van der Waals surface area (Å²) >= 11 is 0. The van der Waals surface area contributed by atoms with Gasteiger partial charge >= 0.3 is 0 Å². The fraction of sp³-hybridized carbons (Fsp3) is 0.464. The predicted octanol–water partition coefficient (Wildman–Crippen LogP) is 3.49. The second kappa shape index (κ2) is 12.0. The van der Waals surface area contributed by atoms with Gasteiger partial charge in [0, 0.05) is 25.6 Å². The van der Waals surface area contributed by atoms with Crippen molar-refractivity contribution < 1.29 is 27.5 Å². The zero-order valence-electron chi connectivity index (χ0n) is 21.9. The largest absolute Gasteiger partial charge is 0.497 e. The lowest BCUT2D eigenvalue weighted by Gasteiger charge is -2.33. The molecule has 1 heterocycles. The molecule has 0 saturated heterocycles. The number of carbonyl (C=O) groups is 3. The van der Waals surface area contributed by atoms with Gasteiger partial charge in [-0.2, -0.15) is 0 Å². The van der Waals surface area contributed by atoms with Crippen molar-refractivity contribution in [3.05, 3.63) is 59.7 Å². The standard InChI is InChI=1S/C28H35N3O6S/c1-3-24(27(33)29-21-9-5-4-6-10-21)30(19-20-13-15-22(37-2)16-14-20)26(32)17-18-31-28(34)23-11-7-8-12-25(23)38(31,35)36/h7-8,11-16,21,24H,3-6,9-10,17-19H2,1-2H3,(H,29,33)/t24-/m1/s1. The monoisotopic (exact) mass is 541 g/mol. The minimum atomic E-state index is -4.02. The second-order valence-electron chi connectivity index (χ2n) is 9.77. The predicted molar refractivity (Wildman–Crippen MR) is 142 cm³/mol. The van der Waals surface area contributed by atoms with Crippen LogP contribution in [0.25, 0.3) is 0 Å². The molecule has 2 aromatic rings. The maximum atomic E-state index is 13.6. The molecule has 0 unspecified atom stereocenters. The normalized spacial score (nSPS) is 17.5. The number of nitrogens with zero attached hydrogens (tertiary/aromatic N) is 2. The van der Waals surface area contributed by atoms with Gasteiger partial charge in [-0.05, 0) is 49.1 Å². The van der Waals surface area contributed by atoms with Crippen LogP contribution in [0.15, 0.2) is 53.4 Å². The Morgan fingerprint density at radius 3 is 2.39 bits per heavy atom. The molecular formula is C28H35N3O6S. The van der Waals surface area contributed by atoms with Crippen LogP contribution in [0.1, 0.15) is 67.8 Å². The van der Waals surface area contributed by atoms with E-state index in [-0.39, 0.29) is 41.9 Å². The number of ether oxygens (including phenoxy) is 1. The van der Waals surface area contributed by atoms with E-state index in [1.165, 1.54) is 17.0 Å². The number of nitrogens with one attached hydrogen (secondary N) is 1. The number of carbonyl (C=O) groups excluding carboxylic acids is 3. The molecule has 3 amide bonds. The van der Waals surface area contributed by atoms with Crippen LogP contribution in [0, 0.1) is 0 Å². The minimum absolute atomic E-state index is 0.0502. The molecule has 1 saturated carbocycles. The van der Waals surface area contributed by atoms with Crippen LogP contribution in [0.2, 0.25) is 0 Å². The maximum Gasteiger partial charge on any atom is 0.269 e. The molecule has 204 valence electrons. The van der Waals surface area contributed by atoms with E-state index in [0.29, 0.717) is 12.2 Å². The summed E-state index contributed by atoms with van der Waals surface area (Å²) in [6.45, 7) is 1.72. The number of hydrogen-bond acceptors (Lipinski definition) is 6. The Bertz CT molecular complexity index is 1270. The molecule has 9 nitrogen and oxygen atoms in total. The van der Waals surface area contributed by atoms with Crippen LogP contribution in [-0.2, 0) is 26.2 Å². The van der Waals surface area contributed by atoms with Crippen LogP contribution < -0.4 is 10.1 Å². The summed E-state index contributed by atoms with van der Waals surface area (Å²) in [5.41, 5.74) is 0.911. The van der Waals surface area contributed by atoms with Crippen molar-refractivity contribution >= 4 is 27.7 Å². The highest BCUT2D eigenvalue weighted by atomic mass is 32.2. The molecule has 1 atom stereocenters. The van der Waals surface area contributed by atoms with Crippen molar-refractivity contribution in [2.24, 2.45) is 0 Å². The van der Waals surface area contributed by atoms with Crippen LogP contribution in [0.3, 0.4) is 0 Å². The number of amides is 3. The topological polar surface area (TPSA) is 113 Å². The molecule has 0 radical (unpaired) electrons. The molecule has 1 N–H and O–H groups in total. The van der Waals surface area contributed by atoms with Gasteiger partial charge in [-0.25, -0.2) is 12.7 Å². The van der Waals surface area contributed by atoms with E-state index >= 15 is 0 Å². The molecule has 2 aliphatic rings. The Balaban J connectivity index is 1.53.